The van der Waals surface area contributed by atoms with Gasteiger partial charge in [0.25, 0.3) is 0 Å². The maximum Gasteiger partial charge on any atom is 0.227 e. The summed E-state index contributed by atoms with van der Waals surface area (Å²) >= 11 is 0. The number of hydrogen-bond acceptors (Lipinski definition) is 3. The molecule has 3 heteroatoms. The quantitative estimate of drug-likeness (QED) is 0.187. The van der Waals surface area contributed by atoms with Gasteiger partial charge in [0.2, 0.25) is 5.71 Å². The van der Waals surface area contributed by atoms with E-state index in [4.69, 9.17) is 9.40 Å². The van der Waals surface area contributed by atoms with Crippen molar-refractivity contribution in [2.75, 3.05) is 4.90 Å². The van der Waals surface area contributed by atoms with Gasteiger partial charge >= 0.3 is 0 Å². The van der Waals surface area contributed by atoms with Crippen LogP contribution in [-0.4, -0.2) is 4.98 Å². The Morgan fingerprint density at radius 2 is 1.00 bits per heavy atom. The summed E-state index contributed by atoms with van der Waals surface area (Å²) in [5.41, 5.74) is 11.6. The van der Waals surface area contributed by atoms with E-state index in [1.807, 2.05) is 12.3 Å². The van der Waals surface area contributed by atoms with E-state index in [0.717, 1.165) is 60.9 Å². The summed E-state index contributed by atoms with van der Waals surface area (Å²) in [7, 11) is 0. The van der Waals surface area contributed by atoms with E-state index < -0.39 is 0 Å². The van der Waals surface area contributed by atoms with Crippen molar-refractivity contribution in [1.29, 1.82) is 0 Å². The van der Waals surface area contributed by atoms with Crippen LogP contribution in [-0.2, 0) is 0 Å². The molecule has 2 aromatic heterocycles. The highest BCUT2D eigenvalue weighted by atomic mass is 16.3. The van der Waals surface area contributed by atoms with Crippen LogP contribution >= 0.6 is 0 Å². The fourth-order valence-electron chi connectivity index (χ4n) is 6.75. The third kappa shape index (κ3) is 4.90. The number of para-hydroxylation sites is 1. The van der Waals surface area contributed by atoms with Crippen molar-refractivity contribution < 1.29 is 4.42 Å². The van der Waals surface area contributed by atoms with Crippen molar-refractivity contribution in [3.8, 4) is 33.4 Å². The first kappa shape index (κ1) is 27.8. The number of benzene rings is 7. The molecule has 0 saturated heterocycles. The number of pyridine rings is 1. The predicted octanol–water partition coefficient (Wildman–Crippen LogP) is 12.6. The van der Waals surface area contributed by atoms with Crippen molar-refractivity contribution in [3.05, 3.63) is 182 Å². The molecule has 0 bridgehead atoms. The standard InChI is InChI=1S/C45H30N2O/c1-3-11-31(12-4-1)32-19-21-33(22-20-32)34-23-26-37(27-24-34)47(43-18-10-9-16-39(43)35-13-5-2-6-14-35)38-29-42-41-28-25-36-15-7-8-17-40(36)44(41)48-45(42)46-30-38/h1-30H. The van der Waals surface area contributed by atoms with Gasteiger partial charge in [0.15, 0.2) is 0 Å². The van der Waals surface area contributed by atoms with Crippen LogP contribution in [0.3, 0.4) is 0 Å². The number of aromatic nitrogens is 1. The number of anilines is 3. The molecule has 9 aromatic rings. The lowest BCUT2D eigenvalue weighted by Crippen LogP contribution is -2.11. The Hall–Kier alpha value is -6.45. The highest BCUT2D eigenvalue weighted by molar-refractivity contribution is 6.15. The van der Waals surface area contributed by atoms with E-state index >= 15 is 0 Å². The number of furan rings is 1. The SMILES string of the molecule is c1ccc(-c2ccc(-c3ccc(N(c4cnc5oc6c7ccccc7ccc6c5c4)c4ccccc4-c4ccccc4)cc3)cc2)cc1. The van der Waals surface area contributed by atoms with Crippen molar-refractivity contribution in [3.63, 3.8) is 0 Å². The Balaban J connectivity index is 1.17. The summed E-state index contributed by atoms with van der Waals surface area (Å²) in [5, 5.41) is 4.29. The second-order valence-electron chi connectivity index (χ2n) is 12.0. The van der Waals surface area contributed by atoms with Crippen molar-refractivity contribution in [2.24, 2.45) is 0 Å². The molecule has 0 aliphatic rings. The van der Waals surface area contributed by atoms with E-state index in [1.54, 1.807) is 0 Å². The van der Waals surface area contributed by atoms with E-state index in [0.29, 0.717) is 5.71 Å². The lowest BCUT2D eigenvalue weighted by Gasteiger charge is -2.27. The van der Waals surface area contributed by atoms with Gasteiger partial charge in [0.1, 0.15) is 5.58 Å². The Bertz CT molecular complexity index is 2540. The van der Waals surface area contributed by atoms with Gasteiger partial charge < -0.3 is 9.32 Å². The topological polar surface area (TPSA) is 29.3 Å². The highest BCUT2D eigenvalue weighted by Gasteiger charge is 2.20. The Kier molecular flexibility index (Phi) is 6.80. The molecule has 0 radical (unpaired) electrons. The molecule has 3 nitrogen and oxygen atoms in total. The first-order chi connectivity index (χ1) is 23.8. The van der Waals surface area contributed by atoms with Gasteiger partial charge in [-0.15, -0.1) is 0 Å². The summed E-state index contributed by atoms with van der Waals surface area (Å²) in [6, 6.07) is 62.1. The van der Waals surface area contributed by atoms with Gasteiger partial charge in [-0.25, -0.2) is 4.98 Å². The average molecular weight is 615 g/mol. The normalized spacial score (nSPS) is 11.3. The molecule has 9 rings (SSSR count). The smallest absolute Gasteiger partial charge is 0.227 e. The Labute approximate surface area is 279 Å². The molecule has 0 aliphatic heterocycles. The Morgan fingerprint density at radius 3 is 1.73 bits per heavy atom. The lowest BCUT2D eigenvalue weighted by atomic mass is 9.99. The largest absolute Gasteiger partial charge is 0.437 e. The molecule has 0 saturated carbocycles. The Morgan fingerprint density at radius 1 is 0.417 bits per heavy atom. The fraction of sp³-hybridized carbons (Fsp3) is 0. The maximum atomic E-state index is 6.38. The molecule has 0 fully saturated rings. The molecule has 2 heterocycles. The molecule has 0 N–H and O–H groups in total. The van der Waals surface area contributed by atoms with Crippen LogP contribution in [0, 0.1) is 0 Å². The van der Waals surface area contributed by atoms with Crippen molar-refractivity contribution in [2.45, 2.75) is 0 Å². The van der Waals surface area contributed by atoms with Crippen molar-refractivity contribution >= 4 is 49.9 Å². The van der Waals surface area contributed by atoms with Crippen LogP contribution < -0.4 is 4.90 Å². The van der Waals surface area contributed by atoms with E-state index in [1.165, 1.54) is 16.7 Å². The minimum Gasteiger partial charge on any atom is -0.437 e. The minimum atomic E-state index is 0.635. The van der Waals surface area contributed by atoms with Gasteiger partial charge in [0.05, 0.1) is 23.0 Å². The monoisotopic (exact) mass is 614 g/mol. The molecule has 0 spiro atoms. The molecule has 0 atom stereocenters. The summed E-state index contributed by atoms with van der Waals surface area (Å²) in [6.07, 6.45) is 1.92. The summed E-state index contributed by atoms with van der Waals surface area (Å²) in [5.74, 6) is 0. The third-order valence-electron chi connectivity index (χ3n) is 9.14. The van der Waals surface area contributed by atoms with Gasteiger partial charge in [-0.3, -0.25) is 0 Å². The molecule has 7 aromatic carbocycles. The predicted molar refractivity (Wildman–Crippen MR) is 200 cm³/mol. The van der Waals surface area contributed by atoms with Gasteiger partial charge in [-0.1, -0.05) is 146 Å². The first-order valence-corrected chi connectivity index (χ1v) is 16.2. The number of rotatable bonds is 6. The van der Waals surface area contributed by atoms with E-state index in [-0.39, 0.29) is 0 Å². The summed E-state index contributed by atoms with van der Waals surface area (Å²) in [6.45, 7) is 0. The van der Waals surface area contributed by atoms with Crippen LogP contribution in [0.15, 0.2) is 187 Å². The molecule has 0 aliphatic carbocycles. The van der Waals surface area contributed by atoms with E-state index in [2.05, 4.69) is 175 Å². The lowest BCUT2D eigenvalue weighted by molar-refractivity contribution is 0.657. The fourth-order valence-corrected chi connectivity index (χ4v) is 6.75. The molecule has 0 unspecified atom stereocenters. The second-order valence-corrected chi connectivity index (χ2v) is 12.0. The first-order valence-electron chi connectivity index (χ1n) is 16.2. The zero-order valence-corrected chi connectivity index (χ0v) is 26.1. The maximum absolute atomic E-state index is 6.38. The summed E-state index contributed by atoms with van der Waals surface area (Å²) in [4.78, 5) is 7.19. The van der Waals surface area contributed by atoms with Crippen LogP contribution in [0.25, 0.3) is 66.2 Å². The van der Waals surface area contributed by atoms with Crippen molar-refractivity contribution in [1.82, 2.24) is 4.98 Å². The molecular formula is C45H30N2O. The number of fused-ring (bicyclic) bond motifs is 5. The minimum absolute atomic E-state index is 0.635. The third-order valence-corrected chi connectivity index (χ3v) is 9.14. The zero-order valence-electron chi connectivity index (χ0n) is 26.1. The second kappa shape index (κ2) is 11.7. The molecule has 48 heavy (non-hydrogen) atoms. The van der Waals surface area contributed by atoms with Gasteiger partial charge in [0, 0.05) is 22.0 Å². The number of nitrogens with zero attached hydrogens (tertiary/aromatic N) is 2. The van der Waals surface area contributed by atoms with Crippen LogP contribution in [0.4, 0.5) is 17.1 Å². The van der Waals surface area contributed by atoms with Crippen LogP contribution in [0.1, 0.15) is 0 Å². The molecule has 226 valence electrons. The van der Waals surface area contributed by atoms with Gasteiger partial charge in [-0.05, 0) is 63.5 Å². The van der Waals surface area contributed by atoms with Crippen LogP contribution in [0.2, 0.25) is 0 Å². The number of hydrogen-bond donors (Lipinski definition) is 0. The van der Waals surface area contributed by atoms with Crippen LogP contribution in [0.5, 0.6) is 0 Å². The highest BCUT2D eigenvalue weighted by Crippen LogP contribution is 2.43. The van der Waals surface area contributed by atoms with E-state index in [9.17, 15) is 0 Å². The summed E-state index contributed by atoms with van der Waals surface area (Å²) < 4.78 is 6.38. The molecule has 0 amide bonds. The van der Waals surface area contributed by atoms with Gasteiger partial charge in [-0.2, -0.15) is 0 Å². The zero-order chi connectivity index (χ0) is 31.9. The molecular weight excluding hydrogens is 585 g/mol. The average Bonchev–Trinajstić information content (AvgIpc) is 3.55.